The number of carboxylic acids is 2. The topological polar surface area (TPSA) is 80.3 Å². The van der Waals surface area contributed by atoms with E-state index in [1.165, 1.54) is 77.0 Å². The quantitative estimate of drug-likeness (QED) is 0.126. The van der Waals surface area contributed by atoms with Crippen molar-refractivity contribution in [2.24, 2.45) is 0 Å². The first-order valence-electron chi connectivity index (χ1n) is 15.5. The van der Waals surface area contributed by atoms with E-state index in [1.807, 2.05) is 0 Å². The fourth-order valence-corrected chi connectivity index (χ4v) is 23.0. The smallest absolute Gasteiger partial charge is 0.0715 e. The molecule has 0 atom stereocenters. The average Bonchev–Trinajstić information content (AvgIpc) is 2.93. The van der Waals surface area contributed by atoms with E-state index in [-0.39, 0.29) is 11.1 Å². The molecule has 0 unspecified atom stereocenters. The Hall–Kier alpha value is -0.243. The van der Waals surface area contributed by atoms with E-state index in [0.29, 0.717) is 0 Å². The van der Waals surface area contributed by atoms with Gasteiger partial charge in [-0.15, -0.1) is 0 Å². The zero-order valence-corrected chi connectivity index (χ0v) is 31.4. The average molecular weight is 744 g/mol. The molecule has 0 N–H and O–H groups in total. The van der Waals surface area contributed by atoms with Gasteiger partial charge in [-0.3, -0.25) is 0 Å². The van der Waals surface area contributed by atoms with Gasteiger partial charge in [0.2, 0.25) is 0 Å². The van der Waals surface area contributed by atoms with Gasteiger partial charge in [0.1, 0.15) is 0 Å². The minimum absolute atomic E-state index is 0.0556. The first-order chi connectivity index (χ1) is 18.3. The Bertz CT molecular complexity index is 569. The summed E-state index contributed by atoms with van der Waals surface area (Å²) in [4.78, 5) is 20.4. The number of benzene rings is 1. The van der Waals surface area contributed by atoms with Crippen molar-refractivity contribution < 1.29 is 19.8 Å². The maximum absolute atomic E-state index is 10.2. The van der Waals surface area contributed by atoms with Crippen LogP contribution >= 0.6 is 0 Å². The van der Waals surface area contributed by atoms with Gasteiger partial charge in [-0.2, -0.15) is 0 Å². The van der Waals surface area contributed by atoms with Crippen LogP contribution in [0.2, 0.25) is 26.6 Å². The number of carbonyl (C=O) groups excluding carboxylic acids is 2. The SMILES string of the molecule is CCC[CH2][Sn+]([CH2]CCC)[CH2]CCC.CCC[CH2][Sn+]([CH2]CCC)[CH2]CCC.O=C([O-])c1ccc(C(=O)[O-])cc1. The minimum Gasteiger partial charge on any atom is -0.545 e. The van der Waals surface area contributed by atoms with Crippen LogP contribution in [0, 0.1) is 0 Å². The second kappa shape index (κ2) is 29.7. The van der Waals surface area contributed by atoms with Crippen LogP contribution in [0.5, 0.6) is 0 Å². The molecule has 0 aromatic heterocycles. The number of carbonyl (C=O) groups is 2. The van der Waals surface area contributed by atoms with E-state index in [0.717, 1.165) is 24.3 Å². The maximum Gasteiger partial charge on any atom is 0.0715 e. The van der Waals surface area contributed by atoms with Crippen molar-refractivity contribution in [3.8, 4) is 0 Å². The maximum atomic E-state index is 10.2. The monoisotopic (exact) mass is 746 g/mol. The van der Waals surface area contributed by atoms with E-state index < -0.39 is 51.5 Å². The number of hydrogen-bond donors (Lipinski definition) is 0. The van der Waals surface area contributed by atoms with Crippen LogP contribution < -0.4 is 10.2 Å². The molecule has 0 saturated carbocycles. The molecule has 0 fully saturated rings. The van der Waals surface area contributed by atoms with Crippen LogP contribution in [-0.4, -0.2) is 51.5 Å². The third-order valence-electron chi connectivity index (χ3n) is 6.66. The van der Waals surface area contributed by atoms with Crippen LogP contribution in [0.15, 0.2) is 24.3 Å². The van der Waals surface area contributed by atoms with Gasteiger partial charge in [0.25, 0.3) is 0 Å². The normalized spacial score (nSPS) is 10.1. The predicted molar refractivity (Wildman–Crippen MR) is 165 cm³/mol. The standard InChI is InChI=1S/C8H6O4.6C4H9.2Sn/c9-7(10)5-1-2-6(4-3-5)8(11)12;6*1-3-4-2;;/h1-4H,(H,9,10)(H,11,12);6*1,3-4H2,2H3;;/q;;;;;;;2*+1/p-2. The Morgan fingerprint density at radius 3 is 0.789 bits per heavy atom. The molecule has 0 heterocycles. The van der Waals surface area contributed by atoms with Crippen LogP contribution in [0.4, 0.5) is 0 Å². The van der Waals surface area contributed by atoms with Crippen molar-refractivity contribution in [1.29, 1.82) is 0 Å². The molecule has 0 aliphatic rings. The molecule has 0 saturated heterocycles. The molecule has 0 bridgehead atoms. The van der Waals surface area contributed by atoms with E-state index in [1.54, 1.807) is 26.6 Å². The molecule has 0 spiro atoms. The second-order valence-electron chi connectivity index (χ2n) is 10.3. The van der Waals surface area contributed by atoms with E-state index in [4.69, 9.17) is 0 Å². The number of aromatic carboxylic acids is 2. The van der Waals surface area contributed by atoms with Gasteiger partial charge in [0.05, 0.1) is 11.9 Å². The van der Waals surface area contributed by atoms with Gasteiger partial charge in [-0.1, -0.05) is 24.3 Å². The second-order valence-corrected chi connectivity index (χ2v) is 27.4. The first kappa shape index (κ1) is 39.9. The molecule has 6 heteroatoms. The number of hydrogen-bond acceptors (Lipinski definition) is 4. The molecular formula is C32H58O4Sn2. The summed E-state index contributed by atoms with van der Waals surface area (Å²) in [6.45, 7) is 14.0. The van der Waals surface area contributed by atoms with Gasteiger partial charge in [0.15, 0.2) is 0 Å². The summed E-state index contributed by atoms with van der Waals surface area (Å²) in [6.07, 6.45) is 17.7. The van der Waals surface area contributed by atoms with Crippen molar-refractivity contribution in [2.75, 3.05) is 0 Å². The Kier molecular flexibility index (Phi) is 31.2. The summed E-state index contributed by atoms with van der Waals surface area (Å²) in [5.74, 6) is -2.67. The summed E-state index contributed by atoms with van der Waals surface area (Å²) in [5.41, 5.74) is -0.111. The summed E-state index contributed by atoms with van der Waals surface area (Å²) in [5, 5.41) is 20.4. The molecule has 0 aliphatic carbocycles. The Morgan fingerprint density at radius 1 is 0.474 bits per heavy atom. The molecule has 0 radical (unpaired) electrons. The third-order valence-corrected chi connectivity index (χ3v) is 24.8. The van der Waals surface area contributed by atoms with Gasteiger partial charge in [-0.25, -0.2) is 0 Å². The Morgan fingerprint density at radius 2 is 0.658 bits per heavy atom. The van der Waals surface area contributed by atoms with Crippen molar-refractivity contribution in [2.45, 2.75) is 145 Å². The van der Waals surface area contributed by atoms with Crippen molar-refractivity contribution in [1.82, 2.24) is 0 Å². The summed E-state index contributed by atoms with van der Waals surface area (Å²) in [7, 11) is 0. The zero-order chi connectivity index (χ0) is 29.0. The number of carboxylic acid groups (broad SMARTS) is 2. The van der Waals surface area contributed by atoms with E-state index in [2.05, 4.69) is 41.5 Å². The fraction of sp³-hybridized carbons (Fsp3) is 0.750. The van der Waals surface area contributed by atoms with E-state index in [9.17, 15) is 19.8 Å². The van der Waals surface area contributed by atoms with Gasteiger partial charge >= 0.3 is 185 Å². The van der Waals surface area contributed by atoms with Crippen molar-refractivity contribution in [3.63, 3.8) is 0 Å². The van der Waals surface area contributed by atoms with Crippen LogP contribution in [-0.2, 0) is 0 Å². The third kappa shape index (κ3) is 24.8. The van der Waals surface area contributed by atoms with Gasteiger partial charge < -0.3 is 19.8 Å². The molecular weight excluding hydrogens is 686 g/mol. The molecule has 1 aromatic rings. The van der Waals surface area contributed by atoms with Crippen LogP contribution in [0.3, 0.4) is 0 Å². The molecule has 1 aromatic carbocycles. The molecule has 1 rings (SSSR count). The zero-order valence-electron chi connectivity index (χ0n) is 25.7. The molecule has 0 aliphatic heterocycles. The number of rotatable bonds is 20. The predicted octanol–water partition coefficient (Wildman–Crippen LogP) is 8.18. The first-order valence-corrected chi connectivity index (χ1v) is 27.6. The van der Waals surface area contributed by atoms with Crippen molar-refractivity contribution in [3.05, 3.63) is 35.4 Å². The largest absolute Gasteiger partial charge is 0.545 e. The van der Waals surface area contributed by atoms with Crippen LogP contribution in [0.25, 0.3) is 0 Å². The van der Waals surface area contributed by atoms with Crippen LogP contribution in [0.1, 0.15) is 139 Å². The molecule has 218 valence electrons. The van der Waals surface area contributed by atoms with E-state index >= 15 is 0 Å². The molecule has 38 heavy (non-hydrogen) atoms. The summed E-state index contributed by atoms with van der Waals surface area (Å²) < 4.78 is 10.1. The summed E-state index contributed by atoms with van der Waals surface area (Å²) in [6, 6.07) is 4.61. The molecule has 4 nitrogen and oxygen atoms in total. The van der Waals surface area contributed by atoms with Gasteiger partial charge in [-0.05, 0) is 11.1 Å². The van der Waals surface area contributed by atoms with Gasteiger partial charge in [0, 0.05) is 0 Å². The number of unbranched alkanes of at least 4 members (excludes halogenated alkanes) is 6. The Balaban J connectivity index is 0. The van der Waals surface area contributed by atoms with Crippen molar-refractivity contribution >= 4 is 51.5 Å². The molecule has 0 amide bonds. The fourth-order valence-electron chi connectivity index (χ4n) is 4.05. The minimum atomic E-state index is -1.33. The Labute approximate surface area is 250 Å². The summed E-state index contributed by atoms with van der Waals surface area (Å²) >= 11 is -1.68.